The summed E-state index contributed by atoms with van der Waals surface area (Å²) >= 11 is 1.00. The van der Waals surface area contributed by atoms with Gasteiger partial charge in [0.25, 0.3) is 11.8 Å². The van der Waals surface area contributed by atoms with Crippen LogP contribution >= 0.6 is 11.3 Å². The number of hydrogen-bond acceptors (Lipinski definition) is 8. The van der Waals surface area contributed by atoms with Crippen LogP contribution in [0.2, 0.25) is 0 Å². The third-order valence-electron chi connectivity index (χ3n) is 4.83. The van der Waals surface area contributed by atoms with Crippen molar-refractivity contribution in [2.45, 2.75) is 40.5 Å². The van der Waals surface area contributed by atoms with E-state index in [0.29, 0.717) is 22.0 Å². The van der Waals surface area contributed by atoms with Crippen LogP contribution in [-0.2, 0) is 9.53 Å². The average molecular weight is 497 g/mol. The van der Waals surface area contributed by atoms with Crippen LogP contribution in [0.15, 0.2) is 36.4 Å². The Labute approximate surface area is 207 Å². The molecule has 0 spiro atoms. The van der Waals surface area contributed by atoms with Crippen LogP contribution in [0.5, 0.6) is 5.88 Å². The predicted molar refractivity (Wildman–Crippen MR) is 134 cm³/mol. The maximum Gasteiger partial charge on any atom is 0.341 e. The molecule has 1 aromatic carbocycles. The van der Waals surface area contributed by atoms with Gasteiger partial charge in [-0.05, 0) is 38.5 Å². The first-order valence-electron chi connectivity index (χ1n) is 11.1. The molecule has 2 aromatic heterocycles. The number of nitrogens with zero attached hydrogens (tertiary/aromatic N) is 2. The van der Waals surface area contributed by atoms with Crippen LogP contribution in [0.3, 0.4) is 0 Å². The molecule has 0 aliphatic carbocycles. The molecule has 0 atom stereocenters. The zero-order valence-electron chi connectivity index (χ0n) is 20.3. The molecule has 2 heterocycles. The smallest absolute Gasteiger partial charge is 0.341 e. The fraction of sp³-hybridized carbons (Fsp3) is 0.320. The summed E-state index contributed by atoms with van der Waals surface area (Å²) in [6.07, 6.45) is 0. The van der Waals surface area contributed by atoms with Crippen molar-refractivity contribution >= 4 is 39.8 Å². The van der Waals surface area contributed by atoms with Crippen molar-refractivity contribution in [2.24, 2.45) is 0 Å². The van der Waals surface area contributed by atoms with E-state index >= 15 is 0 Å². The Morgan fingerprint density at radius 3 is 2.43 bits per heavy atom. The van der Waals surface area contributed by atoms with E-state index in [4.69, 9.17) is 9.47 Å². The zero-order valence-corrected chi connectivity index (χ0v) is 21.1. The highest BCUT2D eigenvalue weighted by Crippen LogP contribution is 2.34. The molecule has 35 heavy (non-hydrogen) atoms. The van der Waals surface area contributed by atoms with E-state index in [9.17, 15) is 14.4 Å². The lowest BCUT2D eigenvalue weighted by Gasteiger charge is -2.10. The van der Waals surface area contributed by atoms with Crippen molar-refractivity contribution in [3.8, 4) is 5.88 Å². The normalized spacial score (nSPS) is 10.7. The molecule has 0 fully saturated rings. The molecular weight excluding hydrogens is 468 g/mol. The number of para-hydroxylation sites is 1. The second kappa shape index (κ2) is 11.6. The summed E-state index contributed by atoms with van der Waals surface area (Å²) in [5.41, 5.74) is 1.91. The van der Waals surface area contributed by atoms with Gasteiger partial charge in [0.1, 0.15) is 10.8 Å². The minimum atomic E-state index is -0.621. The molecule has 3 aromatic rings. The van der Waals surface area contributed by atoms with E-state index in [1.165, 1.54) is 0 Å². The fourth-order valence-electron chi connectivity index (χ4n) is 3.17. The first-order valence-corrected chi connectivity index (χ1v) is 12.0. The van der Waals surface area contributed by atoms with Crippen LogP contribution < -0.4 is 15.4 Å². The van der Waals surface area contributed by atoms with E-state index in [-0.39, 0.29) is 35.6 Å². The van der Waals surface area contributed by atoms with E-state index in [0.717, 1.165) is 17.0 Å². The Balaban J connectivity index is 1.79. The van der Waals surface area contributed by atoms with Gasteiger partial charge in [0.05, 0.1) is 17.0 Å². The SMILES string of the molecule is CCOC(=O)c1c(NC(=O)COc2cc(C)nc(C(C)C)n2)sc(C(=O)Nc2ccccc2)c1C. The largest absolute Gasteiger partial charge is 0.467 e. The molecule has 0 bridgehead atoms. The van der Waals surface area contributed by atoms with Crippen LogP contribution in [-0.4, -0.2) is 41.0 Å². The van der Waals surface area contributed by atoms with E-state index < -0.39 is 17.8 Å². The van der Waals surface area contributed by atoms with Gasteiger partial charge in [0, 0.05) is 23.4 Å². The summed E-state index contributed by atoms with van der Waals surface area (Å²) in [6.45, 7) is 8.90. The molecule has 10 heteroatoms. The number of rotatable bonds is 9. The van der Waals surface area contributed by atoms with Crippen molar-refractivity contribution in [3.05, 3.63) is 63.9 Å². The Kier molecular flexibility index (Phi) is 8.53. The van der Waals surface area contributed by atoms with Gasteiger partial charge in [-0.1, -0.05) is 32.0 Å². The molecule has 0 saturated carbocycles. The number of ether oxygens (including phenoxy) is 2. The summed E-state index contributed by atoms with van der Waals surface area (Å²) in [6, 6.07) is 10.6. The maximum atomic E-state index is 12.9. The highest BCUT2D eigenvalue weighted by Gasteiger charge is 2.27. The van der Waals surface area contributed by atoms with Crippen molar-refractivity contribution in [1.29, 1.82) is 0 Å². The van der Waals surface area contributed by atoms with Gasteiger partial charge < -0.3 is 20.1 Å². The first kappa shape index (κ1) is 25.8. The van der Waals surface area contributed by atoms with Crippen LogP contribution in [0, 0.1) is 13.8 Å². The number of nitrogens with one attached hydrogen (secondary N) is 2. The molecule has 0 radical (unpaired) electrons. The lowest BCUT2D eigenvalue weighted by Crippen LogP contribution is -2.21. The predicted octanol–water partition coefficient (Wildman–Crippen LogP) is 4.72. The average Bonchev–Trinajstić information content (AvgIpc) is 3.14. The molecule has 0 unspecified atom stereocenters. The summed E-state index contributed by atoms with van der Waals surface area (Å²) in [5, 5.41) is 5.70. The van der Waals surface area contributed by atoms with Gasteiger partial charge in [-0.15, -0.1) is 11.3 Å². The second-order valence-electron chi connectivity index (χ2n) is 8.00. The molecule has 0 saturated heterocycles. The van der Waals surface area contributed by atoms with Crippen molar-refractivity contribution < 1.29 is 23.9 Å². The van der Waals surface area contributed by atoms with Gasteiger partial charge >= 0.3 is 5.97 Å². The van der Waals surface area contributed by atoms with Crippen molar-refractivity contribution in [2.75, 3.05) is 23.8 Å². The Hall–Kier alpha value is -3.79. The Morgan fingerprint density at radius 1 is 1.06 bits per heavy atom. The molecule has 9 nitrogen and oxygen atoms in total. The zero-order chi connectivity index (χ0) is 25.5. The van der Waals surface area contributed by atoms with Crippen molar-refractivity contribution in [1.82, 2.24) is 9.97 Å². The third kappa shape index (κ3) is 6.63. The summed E-state index contributed by atoms with van der Waals surface area (Å²) < 4.78 is 10.7. The van der Waals surface area contributed by atoms with Crippen LogP contribution in [0.4, 0.5) is 10.7 Å². The first-order chi connectivity index (χ1) is 16.7. The number of carbonyl (C=O) groups is 3. The standard InChI is InChI=1S/C25H28N4O5S/c1-6-33-25(32)20-16(5)21(23(31)27-17-10-8-7-9-11-17)35-24(20)28-18(30)13-34-19-12-15(4)26-22(29-19)14(2)3/h7-12,14H,6,13H2,1-5H3,(H,27,31)(H,28,30). The summed E-state index contributed by atoms with van der Waals surface area (Å²) in [7, 11) is 0. The lowest BCUT2D eigenvalue weighted by molar-refractivity contribution is -0.118. The molecule has 0 aliphatic heterocycles. The highest BCUT2D eigenvalue weighted by atomic mass is 32.1. The van der Waals surface area contributed by atoms with E-state index in [1.807, 2.05) is 26.8 Å². The van der Waals surface area contributed by atoms with Gasteiger partial charge in [0.15, 0.2) is 6.61 Å². The topological polar surface area (TPSA) is 120 Å². The van der Waals surface area contributed by atoms with E-state index in [1.54, 1.807) is 44.2 Å². The number of esters is 1. The number of thiophene rings is 1. The monoisotopic (exact) mass is 496 g/mol. The number of aryl methyl sites for hydroxylation is 1. The Bertz CT molecular complexity index is 1220. The van der Waals surface area contributed by atoms with E-state index in [2.05, 4.69) is 20.6 Å². The molecule has 184 valence electrons. The quantitative estimate of drug-likeness (QED) is 0.411. The summed E-state index contributed by atoms with van der Waals surface area (Å²) in [4.78, 5) is 47.2. The molecule has 2 amide bonds. The van der Waals surface area contributed by atoms with Gasteiger partial charge in [-0.2, -0.15) is 4.98 Å². The van der Waals surface area contributed by atoms with Crippen LogP contribution in [0.25, 0.3) is 0 Å². The highest BCUT2D eigenvalue weighted by molar-refractivity contribution is 7.19. The number of amides is 2. The van der Waals surface area contributed by atoms with Gasteiger partial charge in [0.2, 0.25) is 5.88 Å². The van der Waals surface area contributed by atoms with Crippen molar-refractivity contribution in [3.63, 3.8) is 0 Å². The van der Waals surface area contributed by atoms with Gasteiger partial charge in [-0.3, -0.25) is 9.59 Å². The minimum Gasteiger partial charge on any atom is -0.467 e. The number of anilines is 2. The van der Waals surface area contributed by atoms with Crippen LogP contribution in [0.1, 0.15) is 63.8 Å². The molecular formula is C25H28N4O5S. The number of hydrogen-bond donors (Lipinski definition) is 2. The number of aromatic nitrogens is 2. The summed E-state index contributed by atoms with van der Waals surface area (Å²) in [5.74, 6) is -0.509. The Morgan fingerprint density at radius 2 is 1.77 bits per heavy atom. The molecule has 2 N–H and O–H groups in total. The lowest BCUT2D eigenvalue weighted by atomic mass is 10.1. The minimum absolute atomic E-state index is 0.104. The number of benzene rings is 1. The third-order valence-corrected chi connectivity index (χ3v) is 6.04. The number of carbonyl (C=O) groups excluding carboxylic acids is 3. The maximum absolute atomic E-state index is 12.9. The molecule has 3 rings (SSSR count). The second-order valence-corrected chi connectivity index (χ2v) is 9.02. The van der Waals surface area contributed by atoms with Gasteiger partial charge in [-0.25, -0.2) is 9.78 Å². The fourth-order valence-corrected chi connectivity index (χ4v) is 4.28. The molecule has 0 aliphatic rings.